The molecule has 1 fully saturated rings. The van der Waals surface area contributed by atoms with Gasteiger partial charge in [-0.25, -0.2) is 4.31 Å². The molecule has 2 amide bonds. The van der Waals surface area contributed by atoms with E-state index < -0.39 is 17.9 Å². The maximum Gasteiger partial charge on any atom is 0.254 e. The van der Waals surface area contributed by atoms with E-state index in [-0.39, 0.29) is 18.6 Å². The van der Waals surface area contributed by atoms with Gasteiger partial charge in [0.25, 0.3) is 5.91 Å². The summed E-state index contributed by atoms with van der Waals surface area (Å²) in [4.78, 5) is 28.2. The van der Waals surface area contributed by atoms with E-state index in [0.29, 0.717) is 33.3 Å². The highest BCUT2D eigenvalue weighted by Gasteiger charge is 2.45. The van der Waals surface area contributed by atoms with Crippen LogP contribution >= 0.6 is 35.1 Å². The van der Waals surface area contributed by atoms with Crippen LogP contribution in [0.4, 0.5) is 0 Å². The highest BCUT2D eigenvalue weighted by molar-refractivity contribution is 7.96. The van der Waals surface area contributed by atoms with Gasteiger partial charge in [-0.15, -0.1) is 0 Å². The summed E-state index contributed by atoms with van der Waals surface area (Å²) in [6.07, 6.45) is 5.32. The molecule has 2 aliphatic heterocycles. The second-order valence-electron chi connectivity index (χ2n) is 9.65. The molecule has 2 heterocycles. The summed E-state index contributed by atoms with van der Waals surface area (Å²) in [7, 11) is 0. The third-order valence-corrected chi connectivity index (χ3v) is 8.78. The number of nitrogens with zero attached hydrogens (tertiary/aromatic N) is 2. The van der Waals surface area contributed by atoms with Crippen molar-refractivity contribution in [3.8, 4) is 0 Å². The molecule has 3 N–H and O–H groups in total. The van der Waals surface area contributed by atoms with Gasteiger partial charge in [0.2, 0.25) is 5.91 Å². The van der Waals surface area contributed by atoms with Gasteiger partial charge in [-0.3, -0.25) is 9.59 Å². The van der Waals surface area contributed by atoms with E-state index in [9.17, 15) is 9.59 Å². The van der Waals surface area contributed by atoms with E-state index in [1.807, 2.05) is 48.5 Å². The standard InChI is InChI=1S/C23H25Cl2N3O2S.C7H8O/c1-31-28-11-5-4-6-15(28)13-27-21(18-10-9-14(24)12-19(18)25)20(22(26)29)16-7-2-3-8-17(16)23(27)30;8-6-7-4-2-1-3-5-7/h2-3,7-10,12,15,20-21H,4-6,11,13H2,1H3,(H2,26,29);1-5,8H,6H2. The Morgan fingerprint density at radius 1 is 1.03 bits per heavy atom. The fourth-order valence-electron chi connectivity index (χ4n) is 5.40. The quantitative estimate of drug-likeness (QED) is 0.343. The van der Waals surface area contributed by atoms with E-state index in [1.165, 1.54) is 0 Å². The smallest absolute Gasteiger partial charge is 0.254 e. The van der Waals surface area contributed by atoms with Crippen molar-refractivity contribution in [2.24, 2.45) is 5.73 Å². The number of carbonyl (C=O) groups is 2. The molecule has 0 aromatic heterocycles. The van der Waals surface area contributed by atoms with Crippen LogP contribution in [0.2, 0.25) is 10.0 Å². The maximum atomic E-state index is 13.7. The Hall–Kier alpha value is -2.55. The van der Waals surface area contributed by atoms with Crippen LogP contribution in [0.1, 0.15) is 58.3 Å². The number of piperidine rings is 1. The number of nitrogens with two attached hydrogens (primary N) is 1. The minimum absolute atomic E-state index is 0.101. The average molecular weight is 587 g/mol. The molecule has 5 rings (SSSR count). The first-order valence-electron chi connectivity index (χ1n) is 12.9. The molecule has 0 aliphatic carbocycles. The zero-order valence-electron chi connectivity index (χ0n) is 21.8. The molecule has 0 spiro atoms. The van der Waals surface area contributed by atoms with Gasteiger partial charge < -0.3 is 15.7 Å². The van der Waals surface area contributed by atoms with Gasteiger partial charge in [0, 0.05) is 34.7 Å². The van der Waals surface area contributed by atoms with E-state index in [1.54, 1.807) is 41.1 Å². The monoisotopic (exact) mass is 585 g/mol. The highest BCUT2D eigenvalue weighted by Crippen LogP contribution is 2.45. The van der Waals surface area contributed by atoms with Crippen molar-refractivity contribution in [2.75, 3.05) is 19.3 Å². The molecule has 206 valence electrons. The maximum absolute atomic E-state index is 13.7. The molecule has 3 aromatic carbocycles. The summed E-state index contributed by atoms with van der Waals surface area (Å²) in [5.41, 5.74) is 8.75. The molecule has 0 bridgehead atoms. The molecule has 1 saturated heterocycles. The molecule has 3 unspecified atom stereocenters. The highest BCUT2D eigenvalue weighted by atomic mass is 35.5. The molecular formula is C30H33Cl2N3O3S. The van der Waals surface area contributed by atoms with Gasteiger partial charge in [0.05, 0.1) is 18.6 Å². The fourth-order valence-corrected chi connectivity index (χ4v) is 6.70. The number of halogens is 2. The number of primary amides is 1. The first-order valence-corrected chi connectivity index (χ1v) is 14.9. The van der Waals surface area contributed by atoms with Crippen molar-refractivity contribution in [1.29, 1.82) is 0 Å². The fraction of sp³-hybridized carbons (Fsp3) is 0.333. The molecule has 0 radical (unpaired) electrons. The predicted molar refractivity (Wildman–Crippen MR) is 159 cm³/mol. The predicted octanol–water partition coefficient (Wildman–Crippen LogP) is 6.07. The van der Waals surface area contributed by atoms with Crippen molar-refractivity contribution in [3.63, 3.8) is 0 Å². The summed E-state index contributed by atoms with van der Waals surface area (Å²) in [5.74, 6) is -1.28. The Labute approximate surface area is 244 Å². The van der Waals surface area contributed by atoms with Crippen molar-refractivity contribution in [3.05, 3.63) is 105 Å². The van der Waals surface area contributed by atoms with Crippen molar-refractivity contribution in [2.45, 2.75) is 43.9 Å². The van der Waals surface area contributed by atoms with Gasteiger partial charge in [-0.2, -0.15) is 0 Å². The third kappa shape index (κ3) is 6.79. The van der Waals surface area contributed by atoms with Crippen LogP contribution in [0, 0.1) is 0 Å². The van der Waals surface area contributed by atoms with E-state index in [2.05, 4.69) is 10.6 Å². The van der Waals surface area contributed by atoms with Gasteiger partial charge in [0.1, 0.15) is 0 Å². The van der Waals surface area contributed by atoms with E-state index in [4.69, 9.17) is 34.0 Å². The Morgan fingerprint density at radius 2 is 1.74 bits per heavy atom. The Balaban J connectivity index is 0.000000379. The third-order valence-electron chi connectivity index (χ3n) is 7.27. The summed E-state index contributed by atoms with van der Waals surface area (Å²) in [6, 6.07) is 21.5. The zero-order chi connectivity index (χ0) is 27.9. The Kier molecular flexibility index (Phi) is 10.3. The van der Waals surface area contributed by atoms with Gasteiger partial charge in [0.15, 0.2) is 0 Å². The second kappa shape index (κ2) is 13.7. The van der Waals surface area contributed by atoms with Gasteiger partial charge in [-0.05, 0) is 54.0 Å². The molecule has 3 aromatic rings. The van der Waals surface area contributed by atoms with Crippen LogP contribution in [0.5, 0.6) is 0 Å². The molecular weight excluding hydrogens is 553 g/mol. The first-order chi connectivity index (χ1) is 18.8. The van der Waals surface area contributed by atoms with Crippen molar-refractivity contribution in [1.82, 2.24) is 9.21 Å². The molecule has 0 saturated carbocycles. The molecule has 6 nitrogen and oxygen atoms in total. The molecule has 2 aliphatic rings. The number of hydrogen-bond acceptors (Lipinski definition) is 5. The Morgan fingerprint density at radius 3 is 2.38 bits per heavy atom. The molecule has 3 atom stereocenters. The number of amides is 2. The van der Waals surface area contributed by atoms with Crippen LogP contribution in [-0.4, -0.2) is 51.5 Å². The normalized spacial score (nSPS) is 21.1. The van der Waals surface area contributed by atoms with Crippen LogP contribution in [0.15, 0.2) is 72.8 Å². The lowest BCUT2D eigenvalue weighted by atomic mass is 9.79. The SMILES string of the molecule is CSN1CCCCC1CN1C(=O)c2ccccc2C(C(N)=O)C1c1ccc(Cl)cc1Cl.OCc1ccccc1. The number of benzene rings is 3. The molecule has 9 heteroatoms. The molecule has 39 heavy (non-hydrogen) atoms. The zero-order valence-corrected chi connectivity index (χ0v) is 24.1. The minimum Gasteiger partial charge on any atom is -0.392 e. The number of aliphatic hydroxyl groups is 1. The van der Waals surface area contributed by atoms with E-state index in [0.717, 1.165) is 31.4 Å². The number of fused-ring (bicyclic) bond motifs is 1. The topological polar surface area (TPSA) is 86.9 Å². The number of rotatable bonds is 6. The second-order valence-corrected chi connectivity index (χ2v) is 11.3. The van der Waals surface area contributed by atoms with Crippen molar-refractivity contribution >= 4 is 47.0 Å². The van der Waals surface area contributed by atoms with Gasteiger partial charge in [-0.1, -0.05) is 96.2 Å². The largest absolute Gasteiger partial charge is 0.392 e. The van der Waals surface area contributed by atoms with Crippen LogP contribution in [0.3, 0.4) is 0 Å². The summed E-state index contributed by atoms with van der Waals surface area (Å²) < 4.78 is 2.33. The summed E-state index contributed by atoms with van der Waals surface area (Å²) in [6.45, 7) is 1.62. The first kappa shape index (κ1) is 29.4. The summed E-state index contributed by atoms with van der Waals surface area (Å²) in [5, 5.41) is 9.46. The van der Waals surface area contributed by atoms with Crippen LogP contribution < -0.4 is 5.73 Å². The average Bonchev–Trinajstić information content (AvgIpc) is 2.95. The van der Waals surface area contributed by atoms with E-state index >= 15 is 0 Å². The number of aliphatic hydroxyl groups excluding tert-OH is 1. The van der Waals surface area contributed by atoms with Gasteiger partial charge >= 0.3 is 0 Å². The minimum atomic E-state index is -0.695. The summed E-state index contributed by atoms with van der Waals surface area (Å²) >= 11 is 14.4. The van der Waals surface area contributed by atoms with Crippen LogP contribution in [-0.2, 0) is 11.4 Å². The lowest BCUT2D eigenvalue weighted by Gasteiger charge is -2.45. The lowest BCUT2D eigenvalue weighted by Crippen LogP contribution is -2.52. The Bertz CT molecular complexity index is 1290. The van der Waals surface area contributed by atoms with Crippen LogP contribution in [0.25, 0.3) is 0 Å². The number of carbonyl (C=O) groups excluding carboxylic acids is 2. The number of hydrogen-bond donors (Lipinski definition) is 2. The lowest BCUT2D eigenvalue weighted by molar-refractivity contribution is -0.121. The van der Waals surface area contributed by atoms with Crippen molar-refractivity contribution < 1.29 is 14.7 Å².